The summed E-state index contributed by atoms with van der Waals surface area (Å²) in [6.07, 6.45) is -0.219. The molecule has 1 saturated heterocycles. The highest BCUT2D eigenvalue weighted by atomic mass is 127. The van der Waals surface area contributed by atoms with Gasteiger partial charge in [0.2, 0.25) is 0 Å². The minimum absolute atomic E-state index is 0. The molecule has 2 rings (SSSR count). The van der Waals surface area contributed by atoms with E-state index >= 15 is 0 Å². The predicted octanol–water partition coefficient (Wildman–Crippen LogP) is 2.22. The van der Waals surface area contributed by atoms with Crippen LogP contribution in [-0.2, 0) is 14.6 Å². The molecule has 26 heavy (non-hydrogen) atoms. The highest BCUT2D eigenvalue weighted by Gasteiger charge is 2.28. The maximum absolute atomic E-state index is 13.1. The summed E-state index contributed by atoms with van der Waals surface area (Å²) in [6, 6.07) is 6.29. The number of nitrogens with one attached hydrogen (secondary N) is 1. The maximum atomic E-state index is 13.1. The van der Waals surface area contributed by atoms with E-state index in [1.807, 2.05) is 11.8 Å². The molecule has 6 nitrogen and oxygen atoms in total. The molecule has 148 valence electrons. The fraction of sp³-hybridized carbons (Fsp3) is 0.588. The molecule has 1 N–H and O–H groups in total. The van der Waals surface area contributed by atoms with Gasteiger partial charge < -0.3 is 15.0 Å². The Balaban J connectivity index is 0.00000338. The number of sulfone groups is 1. The van der Waals surface area contributed by atoms with Crippen molar-refractivity contribution in [2.75, 3.05) is 38.2 Å². The minimum Gasteiger partial charge on any atom is -0.367 e. The van der Waals surface area contributed by atoms with Crippen LogP contribution in [0.3, 0.4) is 0 Å². The zero-order chi connectivity index (χ0) is 18.4. The van der Waals surface area contributed by atoms with Gasteiger partial charge in [-0.2, -0.15) is 0 Å². The molecule has 0 aromatic heterocycles. The van der Waals surface area contributed by atoms with Crippen molar-refractivity contribution in [3.8, 4) is 0 Å². The standard InChI is InChI=1S/C17H26FN3O3S.HI/c1-4-25(22,23)10-9-20-17(19-3)21-11-13(2)24-16(12-21)14-5-7-15(18)8-6-14;/h5-8,13,16H,4,9-12H2,1-3H3,(H,19,20);1H. The summed E-state index contributed by atoms with van der Waals surface area (Å²) in [5.41, 5.74) is 0.905. The molecule has 0 bridgehead atoms. The lowest BCUT2D eigenvalue weighted by Gasteiger charge is -2.38. The number of guanidine groups is 1. The average molecular weight is 499 g/mol. The zero-order valence-corrected chi connectivity index (χ0v) is 18.5. The molecule has 1 aliphatic heterocycles. The lowest BCUT2D eigenvalue weighted by atomic mass is 10.1. The molecule has 0 amide bonds. The number of morpholine rings is 1. The predicted molar refractivity (Wildman–Crippen MR) is 112 cm³/mol. The van der Waals surface area contributed by atoms with Crippen LogP contribution in [0, 0.1) is 5.82 Å². The second-order valence-corrected chi connectivity index (χ2v) is 8.57. The first-order chi connectivity index (χ1) is 11.8. The van der Waals surface area contributed by atoms with Crippen molar-refractivity contribution in [1.82, 2.24) is 10.2 Å². The Labute approximate surface area is 172 Å². The number of hydrogen-bond donors (Lipinski definition) is 1. The summed E-state index contributed by atoms with van der Waals surface area (Å²) >= 11 is 0. The minimum atomic E-state index is -3.02. The SMILES string of the molecule is CCS(=O)(=O)CCNC(=NC)N1CC(C)OC(c2ccc(F)cc2)C1.I. The Kier molecular flexibility index (Phi) is 9.25. The smallest absolute Gasteiger partial charge is 0.193 e. The van der Waals surface area contributed by atoms with Crippen LogP contribution in [0.4, 0.5) is 4.39 Å². The molecule has 1 fully saturated rings. The quantitative estimate of drug-likeness (QED) is 0.382. The maximum Gasteiger partial charge on any atom is 0.193 e. The van der Waals surface area contributed by atoms with E-state index in [9.17, 15) is 12.8 Å². The molecular weight excluding hydrogens is 472 g/mol. The molecule has 1 aromatic rings. The molecule has 0 radical (unpaired) electrons. The van der Waals surface area contributed by atoms with E-state index in [1.165, 1.54) is 12.1 Å². The van der Waals surface area contributed by atoms with Gasteiger partial charge in [-0.15, -0.1) is 24.0 Å². The Morgan fingerprint density at radius 1 is 1.35 bits per heavy atom. The van der Waals surface area contributed by atoms with Crippen molar-refractivity contribution in [1.29, 1.82) is 0 Å². The van der Waals surface area contributed by atoms with E-state index in [4.69, 9.17) is 4.74 Å². The Morgan fingerprint density at radius 3 is 2.58 bits per heavy atom. The van der Waals surface area contributed by atoms with Gasteiger partial charge in [0.25, 0.3) is 0 Å². The Morgan fingerprint density at radius 2 is 2.00 bits per heavy atom. The van der Waals surface area contributed by atoms with Crippen molar-refractivity contribution >= 4 is 39.8 Å². The van der Waals surface area contributed by atoms with Crippen LogP contribution in [0.25, 0.3) is 0 Å². The molecule has 1 aliphatic rings. The van der Waals surface area contributed by atoms with Crippen LogP contribution < -0.4 is 5.32 Å². The zero-order valence-electron chi connectivity index (χ0n) is 15.3. The van der Waals surface area contributed by atoms with Gasteiger partial charge in [0, 0.05) is 25.9 Å². The molecule has 0 saturated carbocycles. The summed E-state index contributed by atoms with van der Waals surface area (Å²) in [5.74, 6) is 0.575. The summed E-state index contributed by atoms with van der Waals surface area (Å²) in [5, 5.41) is 3.11. The van der Waals surface area contributed by atoms with Gasteiger partial charge in [-0.3, -0.25) is 4.99 Å². The molecule has 0 aliphatic carbocycles. The molecule has 9 heteroatoms. The van der Waals surface area contributed by atoms with Crippen molar-refractivity contribution in [2.45, 2.75) is 26.1 Å². The van der Waals surface area contributed by atoms with Crippen LogP contribution in [0.15, 0.2) is 29.3 Å². The fourth-order valence-electron chi connectivity index (χ4n) is 2.78. The normalized spacial score (nSPS) is 21.2. The Hall–Kier alpha value is -0.940. The number of benzene rings is 1. The molecule has 2 atom stereocenters. The van der Waals surface area contributed by atoms with E-state index in [2.05, 4.69) is 10.3 Å². The fourth-order valence-corrected chi connectivity index (χ4v) is 3.48. The summed E-state index contributed by atoms with van der Waals surface area (Å²) in [6.45, 7) is 5.14. The van der Waals surface area contributed by atoms with E-state index in [-0.39, 0.29) is 53.5 Å². The van der Waals surface area contributed by atoms with Crippen molar-refractivity contribution < 1.29 is 17.5 Å². The summed E-state index contributed by atoms with van der Waals surface area (Å²) in [7, 11) is -1.35. The lowest BCUT2D eigenvalue weighted by Crippen LogP contribution is -2.51. The number of aliphatic imine (C=N–C) groups is 1. The van der Waals surface area contributed by atoms with Crippen LogP contribution >= 0.6 is 24.0 Å². The first-order valence-corrected chi connectivity index (χ1v) is 10.2. The monoisotopic (exact) mass is 499 g/mol. The van der Waals surface area contributed by atoms with Gasteiger partial charge in [-0.05, 0) is 24.6 Å². The van der Waals surface area contributed by atoms with Crippen LogP contribution in [-0.4, -0.2) is 63.6 Å². The molecule has 0 spiro atoms. The molecular formula is C17H27FIN3O3S. The summed E-state index contributed by atoms with van der Waals surface area (Å²) < 4.78 is 42.3. The highest BCUT2D eigenvalue weighted by molar-refractivity contribution is 14.0. The topological polar surface area (TPSA) is 71.0 Å². The third kappa shape index (κ3) is 6.66. The van der Waals surface area contributed by atoms with Crippen molar-refractivity contribution in [3.63, 3.8) is 0 Å². The average Bonchev–Trinajstić information content (AvgIpc) is 2.59. The highest BCUT2D eigenvalue weighted by Crippen LogP contribution is 2.25. The van der Waals surface area contributed by atoms with Gasteiger partial charge >= 0.3 is 0 Å². The van der Waals surface area contributed by atoms with E-state index < -0.39 is 9.84 Å². The number of hydrogen-bond acceptors (Lipinski definition) is 4. The molecule has 1 aromatic carbocycles. The number of nitrogens with zero attached hydrogens (tertiary/aromatic N) is 2. The lowest BCUT2D eigenvalue weighted by molar-refractivity contribution is -0.0604. The second kappa shape index (κ2) is 10.4. The first kappa shape index (κ1) is 23.1. The summed E-state index contributed by atoms with van der Waals surface area (Å²) in [4.78, 5) is 6.30. The van der Waals surface area contributed by atoms with Crippen molar-refractivity contribution in [3.05, 3.63) is 35.6 Å². The Bertz CT molecular complexity index is 698. The molecule has 1 heterocycles. The first-order valence-electron chi connectivity index (χ1n) is 8.41. The largest absolute Gasteiger partial charge is 0.367 e. The number of rotatable bonds is 5. The third-order valence-corrected chi connectivity index (χ3v) is 5.86. The van der Waals surface area contributed by atoms with E-state index in [0.717, 1.165) is 5.56 Å². The van der Waals surface area contributed by atoms with E-state index in [0.29, 0.717) is 25.6 Å². The van der Waals surface area contributed by atoms with Crippen LogP contribution in [0.5, 0.6) is 0 Å². The van der Waals surface area contributed by atoms with Gasteiger partial charge in [0.1, 0.15) is 11.9 Å². The van der Waals surface area contributed by atoms with Gasteiger partial charge in [-0.1, -0.05) is 19.1 Å². The molecule has 2 unspecified atom stereocenters. The van der Waals surface area contributed by atoms with Crippen molar-refractivity contribution in [2.24, 2.45) is 4.99 Å². The van der Waals surface area contributed by atoms with Gasteiger partial charge in [0.15, 0.2) is 15.8 Å². The van der Waals surface area contributed by atoms with Crippen LogP contribution in [0.1, 0.15) is 25.5 Å². The van der Waals surface area contributed by atoms with E-state index in [1.54, 1.807) is 26.1 Å². The number of ether oxygens (including phenoxy) is 1. The number of halogens is 2. The van der Waals surface area contributed by atoms with Crippen LogP contribution in [0.2, 0.25) is 0 Å². The van der Waals surface area contributed by atoms with Gasteiger partial charge in [0.05, 0.1) is 18.4 Å². The second-order valence-electron chi connectivity index (χ2n) is 6.10. The third-order valence-electron chi connectivity index (χ3n) is 4.15. The van der Waals surface area contributed by atoms with Gasteiger partial charge in [-0.25, -0.2) is 12.8 Å².